The molecule has 1 amide bonds. The number of hydrogen-bond acceptors (Lipinski definition) is 5. The third kappa shape index (κ3) is 6.29. The minimum absolute atomic E-state index is 0.0566. The zero-order valence-corrected chi connectivity index (χ0v) is 18.2. The molecule has 0 aliphatic heterocycles. The number of amides is 1. The van der Waals surface area contributed by atoms with Gasteiger partial charge in [0, 0.05) is 23.2 Å². The number of carbonyl (C=O) groups excluding carboxylic acids is 1. The van der Waals surface area contributed by atoms with Gasteiger partial charge in [-0.05, 0) is 67.6 Å². The minimum Gasteiger partial charge on any atom is -0.475 e. The molecule has 2 saturated carbocycles. The van der Waals surface area contributed by atoms with Crippen molar-refractivity contribution in [3.63, 3.8) is 0 Å². The Morgan fingerprint density at radius 3 is 2.61 bits per heavy atom. The zero-order chi connectivity index (χ0) is 23.6. The number of aromatic nitrogens is 1. The third-order valence-corrected chi connectivity index (χ3v) is 6.36. The Labute approximate surface area is 191 Å². The highest BCUT2D eigenvalue weighted by molar-refractivity contribution is 7.16. The van der Waals surface area contributed by atoms with Crippen LogP contribution >= 0.6 is 11.3 Å². The van der Waals surface area contributed by atoms with Crippen LogP contribution in [-0.4, -0.2) is 40.7 Å². The Hall–Kier alpha value is -2.98. The van der Waals surface area contributed by atoms with Crippen LogP contribution in [0.2, 0.25) is 0 Å². The van der Waals surface area contributed by atoms with E-state index in [4.69, 9.17) is 9.90 Å². The Morgan fingerprint density at radius 1 is 1.15 bits per heavy atom. The monoisotopic (exact) mass is 477 g/mol. The van der Waals surface area contributed by atoms with Crippen molar-refractivity contribution in [2.75, 3.05) is 11.9 Å². The number of hydrogen-bond donors (Lipinski definition) is 3. The number of rotatable bonds is 6. The number of thiazole rings is 1. The average molecular weight is 478 g/mol. The van der Waals surface area contributed by atoms with Crippen molar-refractivity contribution in [2.45, 2.75) is 37.4 Å². The summed E-state index contributed by atoms with van der Waals surface area (Å²) in [5, 5.41) is 13.8. The van der Waals surface area contributed by atoms with E-state index < -0.39 is 12.1 Å². The predicted octanol–water partition coefficient (Wildman–Crippen LogP) is 5.04. The summed E-state index contributed by atoms with van der Waals surface area (Å²) in [6.45, 7) is 1.15. The summed E-state index contributed by atoms with van der Waals surface area (Å²) in [5.74, 6) is -1.36. The predicted molar refractivity (Wildman–Crippen MR) is 120 cm³/mol. The van der Waals surface area contributed by atoms with Gasteiger partial charge in [0.05, 0.1) is 15.7 Å². The molecule has 1 aromatic heterocycles. The number of benzene rings is 2. The lowest BCUT2D eigenvalue weighted by Crippen LogP contribution is -2.21. The molecule has 6 nitrogen and oxygen atoms in total. The molecule has 0 radical (unpaired) electrons. The molecule has 0 bridgehead atoms. The number of aliphatic carboxylic acids is 1. The summed E-state index contributed by atoms with van der Waals surface area (Å²) in [6, 6.07) is 14.5. The molecular weight excluding hydrogens is 455 g/mol. The number of halogens is 3. The SMILES string of the molecule is O=C(Nc1ccc2ncsc2c1)c1cccc(C2CC2NCC2CC2)c1.O=C(O)C(F)(F)F. The molecule has 2 aromatic carbocycles. The Balaban J connectivity index is 0.000000325. The van der Waals surface area contributed by atoms with Crippen molar-refractivity contribution in [2.24, 2.45) is 5.92 Å². The summed E-state index contributed by atoms with van der Waals surface area (Å²) >= 11 is 1.58. The molecule has 1 heterocycles. The fourth-order valence-corrected chi connectivity index (χ4v) is 4.19. The number of nitrogens with zero attached hydrogens (tertiary/aromatic N) is 1. The molecule has 3 N–H and O–H groups in total. The second kappa shape index (κ2) is 9.48. The average Bonchev–Trinajstić information content (AvgIpc) is 3.69. The number of carboxylic acid groups (broad SMARTS) is 1. The maximum Gasteiger partial charge on any atom is 0.490 e. The van der Waals surface area contributed by atoms with E-state index in [1.54, 1.807) is 11.3 Å². The fraction of sp³-hybridized carbons (Fsp3) is 0.348. The van der Waals surface area contributed by atoms with E-state index >= 15 is 0 Å². The molecule has 2 unspecified atom stereocenters. The van der Waals surface area contributed by atoms with E-state index in [0.29, 0.717) is 12.0 Å². The number of nitrogens with one attached hydrogen (secondary N) is 2. The summed E-state index contributed by atoms with van der Waals surface area (Å²) in [5.41, 5.74) is 5.59. The molecule has 2 atom stereocenters. The highest BCUT2D eigenvalue weighted by Gasteiger charge is 2.39. The van der Waals surface area contributed by atoms with Gasteiger partial charge in [-0.15, -0.1) is 11.3 Å². The summed E-state index contributed by atoms with van der Waals surface area (Å²) < 4.78 is 32.8. The second-order valence-corrected chi connectivity index (χ2v) is 9.10. The van der Waals surface area contributed by atoms with Crippen molar-refractivity contribution in [1.29, 1.82) is 0 Å². The third-order valence-electron chi connectivity index (χ3n) is 5.56. The number of carbonyl (C=O) groups is 2. The van der Waals surface area contributed by atoms with Crippen molar-refractivity contribution in [1.82, 2.24) is 10.3 Å². The number of carboxylic acids is 1. The lowest BCUT2D eigenvalue weighted by Gasteiger charge is -2.08. The molecule has 2 fully saturated rings. The molecule has 174 valence electrons. The van der Waals surface area contributed by atoms with Crippen molar-refractivity contribution < 1.29 is 27.9 Å². The van der Waals surface area contributed by atoms with Crippen LogP contribution in [0.4, 0.5) is 18.9 Å². The van der Waals surface area contributed by atoms with Gasteiger partial charge in [-0.2, -0.15) is 13.2 Å². The van der Waals surface area contributed by atoms with Gasteiger partial charge in [-0.3, -0.25) is 4.79 Å². The van der Waals surface area contributed by atoms with Crippen LogP contribution in [0.3, 0.4) is 0 Å². The lowest BCUT2D eigenvalue weighted by molar-refractivity contribution is -0.192. The second-order valence-electron chi connectivity index (χ2n) is 8.22. The fourth-order valence-electron chi connectivity index (χ4n) is 3.48. The first-order valence-corrected chi connectivity index (χ1v) is 11.4. The van der Waals surface area contributed by atoms with Gasteiger partial charge in [-0.25, -0.2) is 9.78 Å². The van der Waals surface area contributed by atoms with Crippen LogP contribution in [0.15, 0.2) is 48.0 Å². The van der Waals surface area contributed by atoms with Gasteiger partial charge in [0.25, 0.3) is 5.91 Å². The van der Waals surface area contributed by atoms with Gasteiger partial charge >= 0.3 is 12.1 Å². The molecule has 5 rings (SSSR count). The van der Waals surface area contributed by atoms with E-state index in [-0.39, 0.29) is 5.91 Å². The highest BCUT2D eigenvalue weighted by atomic mass is 32.1. The molecule has 33 heavy (non-hydrogen) atoms. The van der Waals surface area contributed by atoms with Crippen LogP contribution in [-0.2, 0) is 4.79 Å². The van der Waals surface area contributed by atoms with Crippen LogP contribution in [0, 0.1) is 5.92 Å². The van der Waals surface area contributed by atoms with E-state index in [0.717, 1.165) is 33.9 Å². The first-order chi connectivity index (χ1) is 15.7. The van der Waals surface area contributed by atoms with Crippen LogP contribution in [0.1, 0.15) is 41.1 Å². The first kappa shape index (κ1) is 23.2. The smallest absolute Gasteiger partial charge is 0.475 e. The normalized spacial score (nSPS) is 19.5. The Bertz CT molecular complexity index is 1160. The maximum absolute atomic E-state index is 12.6. The number of alkyl halides is 3. The zero-order valence-electron chi connectivity index (χ0n) is 17.4. The molecule has 2 aliphatic rings. The Kier molecular flexibility index (Phi) is 6.66. The topological polar surface area (TPSA) is 91.3 Å². The summed E-state index contributed by atoms with van der Waals surface area (Å²) in [6.07, 6.45) is -1.14. The van der Waals surface area contributed by atoms with Gasteiger partial charge in [0.1, 0.15) is 0 Å². The Morgan fingerprint density at radius 2 is 1.91 bits per heavy atom. The van der Waals surface area contributed by atoms with E-state index in [1.165, 1.54) is 24.8 Å². The maximum atomic E-state index is 12.6. The van der Waals surface area contributed by atoms with Gasteiger partial charge in [-0.1, -0.05) is 12.1 Å². The number of fused-ring (bicyclic) bond motifs is 1. The van der Waals surface area contributed by atoms with E-state index in [2.05, 4.69) is 21.7 Å². The first-order valence-electron chi connectivity index (χ1n) is 10.5. The van der Waals surface area contributed by atoms with Crippen molar-refractivity contribution in [3.05, 3.63) is 59.1 Å². The molecule has 2 aliphatic carbocycles. The summed E-state index contributed by atoms with van der Waals surface area (Å²) in [7, 11) is 0. The van der Waals surface area contributed by atoms with Gasteiger partial charge in [0.15, 0.2) is 0 Å². The number of anilines is 1. The minimum atomic E-state index is -5.08. The van der Waals surface area contributed by atoms with Gasteiger partial charge in [0.2, 0.25) is 0 Å². The van der Waals surface area contributed by atoms with Gasteiger partial charge < -0.3 is 15.7 Å². The molecule has 10 heteroatoms. The standard InChI is InChI=1S/C21H21N3OS.C2HF3O2/c25-21(24-16-6-7-18-20(9-16)26-12-23-18)15-3-1-2-14(8-15)17-10-19(17)22-11-13-4-5-13;3-2(4,5)1(6)7/h1-3,6-9,12-13,17,19,22H,4-5,10-11H2,(H,24,25);(H,6,7). The van der Waals surface area contributed by atoms with Crippen LogP contribution in [0.25, 0.3) is 10.2 Å². The molecular formula is C23H22F3N3O3S. The molecule has 0 spiro atoms. The van der Waals surface area contributed by atoms with Crippen molar-refractivity contribution in [3.8, 4) is 0 Å². The van der Waals surface area contributed by atoms with Crippen LogP contribution < -0.4 is 10.6 Å². The highest BCUT2D eigenvalue weighted by Crippen LogP contribution is 2.42. The summed E-state index contributed by atoms with van der Waals surface area (Å²) in [4.78, 5) is 25.8. The quantitative estimate of drug-likeness (QED) is 0.463. The largest absolute Gasteiger partial charge is 0.490 e. The molecule has 0 saturated heterocycles. The van der Waals surface area contributed by atoms with E-state index in [9.17, 15) is 18.0 Å². The van der Waals surface area contributed by atoms with E-state index in [1.807, 2.05) is 41.9 Å². The van der Waals surface area contributed by atoms with Crippen molar-refractivity contribution >= 4 is 39.1 Å². The van der Waals surface area contributed by atoms with Crippen LogP contribution in [0.5, 0.6) is 0 Å². The lowest BCUT2D eigenvalue weighted by atomic mass is 10.1. The molecule has 3 aromatic rings.